The first-order valence-electron chi connectivity index (χ1n) is 10.1. The molecule has 0 unspecified atom stereocenters. The van der Waals surface area contributed by atoms with Crippen molar-refractivity contribution in [2.24, 2.45) is 5.92 Å². The molecule has 2 heterocycles. The van der Waals surface area contributed by atoms with Gasteiger partial charge in [0, 0.05) is 36.8 Å². The Kier molecular flexibility index (Phi) is 6.10. The maximum atomic E-state index is 13.1. The molecule has 1 saturated heterocycles. The minimum atomic E-state index is 0.189. The number of fused-ring (bicyclic) bond motifs is 1. The number of nitrogens with zero attached hydrogens (tertiary/aromatic N) is 2. The number of hydrogen-bond acceptors (Lipinski definition) is 3. The standard InChI is InChI=1S/C23H28N2O2S/c1-27-21-7-8-22-20(16-21)17-25(13-14-28-22)23(26)24-11-9-19(10-12-24)15-18-5-3-2-4-6-18/h2-8,16,19H,9-15,17H2,1H3. The molecule has 28 heavy (non-hydrogen) atoms. The van der Waals surface area contributed by atoms with Crippen molar-refractivity contribution in [3.8, 4) is 5.75 Å². The number of amides is 2. The zero-order valence-corrected chi connectivity index (χ0v) is 17.3. The van der Waals surface area contributed by atoms with E-state index in [0.29, 0.717) is 12.5 Å². The molecule has 4 nitrogen and oxygen atoms in total. The molecule has 0 aliphatic carbocycles. The lowest BCUT2D eigenvalue weighted by Gasteiger charge is -2.35. The van der Waals surface area contributed by atoms with Crippen LogP contribution < -0.4 is 4.74 Å². The van der Waals surface area contributed by atoms with Gasteiger partial charge in [-0.25, -0.2) is 4.79 Å². The summed E-state index contributed by atoms with van der Waals surface area (Å²) < 4.78 is 5.37. The summed E-state index contributed by atoms with van der Waals surface area (Å²) in [4.78, 5) is 18.5. The molecular formula is C23H28N2O2S. The first-order chi connectivity index (χ1) is 13.7. The number of urea groups is 1. The molecule has 0 aromatic heterocycles. The predicted molar refractivity (Wildman–Crippen MR) is 114 cm³/mol. The number of methoxy groups -OCH3 is 1. The highest BCUT2D eigenvalue weighted by molar-refractivity contribution is 7.99. The van der Waals surface area contributed by atoms with E-state index in [9.17, 15) is 4.79 Å². The Morgan fingerprint density at radius 1 is 1.07 bits per heavy atom. The number of piperidine rings is 1. The molecule has 2 aromatic rings. The summed E-state index contributed by atoms with van der Waals surface area (Å²) in [5.74, 6) is 2.47. The highest BCUT2D eigenvalue weighted by Crippen LogP contribution is 2.31. The van der Waals surface area contributed by atoms with Gasteiger partial charge in [-0.3, -0.25) is 0 Å². The second-order valence-corrected chi connectivity index (χ2v) is 8.78. The molecule has 148 valence electrons. The monoisotopic (exact) mass is 396 g/mol. The number of rotatable bonds is 3. The van der Waals surface area contributed by atoms with Crippen LogP contribution in [0.5, 0.6) is 5.75 Å². The Bertz CT molecular complexity index is 804. The number of hydrogen-bond donors (Lipinski definition) is 0. The smallest absolute Gasteiger partial charge is 0.320 e. The highest BCUT2D eigenvalue weighted by atomic mass is 32.2. The van der Waals surface area contributed by atoms with Crippen molar-refractivity contribution in [2.45, 2.75) is 30.7 Å². The molecule has 2 aliphatic heterocycles. The third-order valence-corrected chi connectivity index (χ3v) is 6.87. The minimum absolute atomic E-state index is 0.189. The molecule has 0 saturated carbocycles. The third kappa shape index (κ3) is 4.46. The van der Waals surface area contributed by atoms with E-state index < -0.39 is 0 Å². The van der Waals surface area contributed by atoms with Crippen molar-refractivity contribution >= 4 is 17.8 Å². The molecule has 2 amide bonds. The predicted octanol–water partition coefficient (Wildman–Crippen LogP) is 4.68. The van der Waals surface area contributed by atoms with Gasteiger partial charge in [0.2, 0.25) is 0 Å². The second-order valence-electron chi connectivity index (χ2n) is 7.65. The molecule has 0 spiro atoms. The zero-order valence-electron chi connectivity index (χ0n) is 16.5. The Morgan fingerprint density at radius 2 is 1.86 bits per heavy atom. The van der Waals surface area contributed by atoms with Crippen molar-refractivity contribution in [1.82, 2.24) is 9.80 Å². The Morgan fingerprint density at radius 3 is 2.61 bits per heavy atom. The normalized spacial score (nSPS) is 17.8. The number of benzene rings is 2. The van der Waals surface area contributed by atoms with Crippen LogP contribution in [0.2, 0.25) is 0 Å². The van der Waals surface area contributed by atoms with Crippen LogP contribution in [0.1, 0.15) is 24.0 Å². The first kappa shape index (κ1) is 19.2. The maximum absolute atomic E-state index is 13.1. The zero-order chi connectivity index (χ0) is 19.3. The molecule has 0 radical (unpaired) electrons. The molecular weight excluding hydrogens is 368 g/mol. The Labute approximate surface area is 171 Å². The maximum Gasteiger partial charge on any atom is 0.320 e. The van der Waals surface area contributed by atoms with Crippen molar-refractivity contribution in [3.63, 3.8) is 0 Å². The van der Waals surface area contributed by atoms with Gasteiger partial charge in [0.15, 0.2) is 0 Å². The largest absolute Gasteiger partial charge is 0.497 e. The molecule has 2 aromatic carbocycles. The number of ether oxygens (including phenoxy) is 1. The van der Waals surface area contributed by atoms with Gasteiger partial charge in [0.1, 0.15) is 5.75 Å². The lowest BCUT2D eigenvalue weighted by atomic mass is 9.90. The second kappa shape index (κ2) is 8.91. The van der Waals surface area contributed by atoms with Crippen molar-refractivity contribution < 1.29 is 9.53 Å². The summed E-state index contributed by atoms with van der Waals surface area (Å²) >= 11 is 1.83. The molecule has 0 N–H and O–H groups in total. The number of carbonyl (C=O) groups excluding carboxylic acids is 1. The van der Waals surface area contributed by atoms with E-state index >= 15 is 0 Å². The highest BCUT2D eigenvalue weighted by Gasteiger charge is 2.28. The fourth-order valence-corrected chi connectivity index (χ4v) is 5.14. The van der Waals surface area contributed by atoms with E-state index in [4.69, 9.17) is 4.74 Å². The summed E-state index contributed by atoms with van der Waals surface area (Å²) in [6, 6.07) is 17.1. The van der Waals surface area contributed by atoms with Gasteiger partial charge in [-0.05, 0) is 54.5 Å². The van der Waals surface area contributed by atoms with Crippen LogP contribution in [0.25, 0.3) is 0 Å². The van der Waals surface area contributed by atoms with Crippen molar-refractivity contribution in [1.29, 1.82) is 0 Å². The van der Waals surface area contributed by atoms with Gasteiger partial charge in [0.05, 0.1) is 7.11 Å². The molecule has 5 heteroatoms. The Balaban J connectivity index is 1.35. The van der Waals surface area contributed by atoms with Crippen LogP contribution in [0.4, 0.5) is 4.79 Å². The fourth-order valence-electron chi connectivity index (χ4n) is 4.14. The van der Waals surface area contributed by atoms with Gasteiger partial charge >= 0.3 is 6.03 Å². The van der Waals surface area contributed by atoms with Crippen LogP contribution >= 0.6 is 11.8 Å². The van der Waals surface area contributed by atoms with Crippen molar-refractivity contribution in [3.05, 3.63) is 59.7 Å². The summed E-state index contributed by atoms with van der Waals surface area (Å²) in [5, 5.41) is 0. The summed E-state index contributed by atoms with van der Waals surface area (Å²) in [7, 11) is 1.69. The van der Waals surface area contributed by atoms with Gasteiger partial charge in [0.25, 0.3) is 0 Å². The van der Waals surface area contributed by atoms with Crippen LogP contribution in [0.3, 0.4) is 0 Å². The van der Waals surface area contributed by atoms with Crippen LogP contribution in [0.15, 0.2) is 53.4 Å². The van der Waals surface area contributed by atoms with Crippen LogP contribution in [0, 0.1) is 5.92 Å². The topological polar surface area (TPSA) is 32.8 Å². The number of carbonyl (C=O) groups is 1. The van der Waals surface area contributed by atoms with E-state index in [1.807, 2.05) is 22.7 Å². The van der Waals surface area contributed by atoms with E-state index in [1.165, 1.54) is 16.0 Å². The number of likely N-dealkylation sites (tertiary alicyclic amines) is 1. The average Bonchev–Trinajstić information content (AvgIpc) is 2.96. The van der Waals surface area contributed by atoms with Crippen LogP contribution in [-0.4, -0.2) is 48.3 Å². The molecule has 0 atom stereocenters. The fraction of sp³-hybridized carbons (Fsp3) is 0.435. The summed E-state index contributed by atoms with van der Waals surface area (Å²) in [6.07, 6.45) is 3.30. The van der Waals surface area contributed by atoms with Crippen molar-refractivity contribution in [2.75, 3.05) is 32.5 Å². The van der Waals surface area contributed by atoms with E-state index in [0.717, 1.165) is 50.4 Å². The number of thioether (sulfide) groups is 1. The third-order valence-electron chi connectivity index (χ3n) is 5.77. The summed E-state index contributed by atoms with van der Waals surface area (Å²) in [5.41, 5.74) is 2.59. The SMILES string of the molecule is COc1ccc2c(c1)CN(C(=O)N1CCC(Cc3ccccc3)CC1)CCS2. The van der Waals surface area contributed by atoms with E-state index in [1.54, 1.807) is 7.11 Å². The Hall–Kier alpha value is -2.14. The van der Waals surface area contributed by atoms with Gasteiger partial charge < -0.3 is 14.5 Å². The molecule has 0 bridgehead atoms. The van der Waals surface area contributed by atoms with E-state index in [-0.39, 0.29) is 6.03 Å². The van der Waals surface area contributed by atoms with E-state index in [2.05, 4.69) is 47.4 Å². The lowest BCUT2D eigenvalue weighted by molar-refractivity contribution is 0.132. The quantitative estimate of drug-likeness (QED) is 0.755. The summed E-state index contributed by atoms with van der Waals surface area (Å²) in [6.45, 7) is 3.20. The van der Waals surface area contributed by atoms with Gasteiger partial charge in [-0.1, -0.05) is 30.3 Å². The minimum Gasteiger partial charge on any atom is -0.497 e. The van der Waals surface area contributed by atoms with Gasteiger partial charge in [-0.2, -0.15) is 0 Å². The molecule has 4 rings (SSSR count). The lowest BCUT2D eigenvalue weighted by Crippen LogP contribution is -2.47. The molecule has 2 aliphatic rings. The molecule has 1 fully saturated rings. The average molecular weight is 397 g/mol. The van der Waals surface area contributed by atoms with Gasteiger partial charge in [-0.15, -0.1) is 11.8 Å². The van der Waals surface area contributed by atoms with Crippen LogP contribution in [-0.2, 0) is 13.0 Å². The first-order valence-corrected chi connectivity index (χ1v) is 11.1.